The number of amides is 2. The average molecular weight is 406 g/mol. The largest absolute Gasteiger partial charge is 0.478 e. The highest BCUT2D eigenvalue weighted by Gasteiger charge is 2.33. The van der Waals surface area contributed by atoms with E-state index in [1.54, 1.807) is 38.2 Å². The standard InChI is InChI=1S/C21H24F2N2O4/c1-4-21(2,19(26)27)29-16-8-5-14(6-9-16)11-12-25(3)20(28)24-18-10-7-15(22)13-17(18)23/h5-10,13H,4,11-12H2,1-3H3,(H,24,28)(H,26,27). The van der Waals surface area contributed by atoms with E-state index in [2.05, 4.69) is 5.32 Å². The molecule has 0 aliphatic rings. The second kappa shape index (κ2) is 9.36. The summed E-state index contributed by atoms with van der Waals surface area (Å²) in [4.78, 5) is 24.9. The van der Waals surface area contributed by atoms with Gasteiger partial charge in [-0.2, -0.15) is 0 Å². The maximum atomic E-state index is 13.6. The van der Waals surface area contributed by atoms with E-state index < -0.39 is 29.2 Å². The van der Waals surface area contributed by atoms with Gasteiger partial charge < -0.3 is 20.1 Å². The number of carboxylic acid groups (broad SMARTS) is 1. The third-order valence-electron chi connectivity index (χ3n) is 4.65. The first-order valence-electron chi connectivity index (χ1n) is 9.13. The van der Waals surface area contributed by atoms with Crippen LogP contribution >= 0.6 is 0 Å². The van der Waals surface area contributed by atoms with Crippen LogP contribution in [0.1, 0.15) is 25.8 Å². The van der Waals surface area contributed by atoms with Gasteiger partial charge in [0.15, 0.2) is 0 Å². The molecule has 2 aromatic carbocycles. The maximum absolute atomic E-state index is 13.6. The molecule has 0 saturated carbocycles. The monoisotopic (exact) mass is 406 g/mol. The number of carbonyl (C=O) groups excluding carboxylic acids is 1. The highest BCUT2D eigenvalue weighted by atomic mass is 19.1. The summed E-state index contributed by atoms with van der Waals surface area (Å²) in [7, 11) is 1.56. The molecule has 0 fully saturated rings. The van der Waals surface area contributed by atoms with Crippen molar-refractivity contribution in [1.29, 1.82) is 0 Å². The zero-order valence-electron chi connectivity index (χ0n) is 16.5. The number of hydrogen-bond acceptors (Lipinski definition) is 3. The Morgan fingerprint density at radius 1 is 1.17 bits per heavy atom. The Morgan fingerprint density at radius 2 is 1.83 bits per heavy atom. The molecular formula is C21H24F2N2O4. The van der Waals surface area contributed by atoms with Gasteiger partial charge in [0.05, 0.1) is 5.69 Å². The average Bonchev–Trinajstić information content (AvgIpc) is 2.69. The van der Waals surface area contributed by atoms with Crippen LogP contribution in [0, 0.1) is 11.6 Å². The van der Waals surface area contributed by atoms with Gasteiger partial charge in [-0.1, -0.05) is 19.1 Å². The number of hydrogen-bond donors (Lipinski definition) is 2. The van der Waals surface area contributed by atoms with Gasteiger partial charge in [0.25, 0.3) is 0 Å². The van der Waals surface area contributed by atoms with Gasteiger partial charge in [-0.05, 0) is 49.6 Å². The van der Waals surface area contributed by atoms with E-state index in [4.69, 9.17) is 4.74 Å². The minimum atomic E-state index is -1.30. The lowest BCUT2D eigenvalue weighted by Gasteiger charge is -2.25. The molecule has 6 nitrogen and oxygen atoms in total. The number of likely N-dealkylation sites (N-methyl/N-ethyl adjacent to an activating group) is 1. The van der Waals surface area contributed by atoms with Gasteiger partial charge in [0.2, 0.25) is 5.60 Å². The van der Waals surface area contributed by atoms with Crippen molar-refractivity contribution in [2.75, 3.05) is 18.9 Å². The summed E-state index contributed by atoms with van der Waals surface area (Å²) in [5.41, 5.74) is -0.476. The number of carboxylic acids is 1. The lowest BCUT2D eigenvalue weighted by molar-refractivity contribution is -0.154. The minimum absolute atomic E-state index is 0.0952. The van der Waals surface area contributed by atoms with Crippen molar-refractivity contribution in [1.82, 2.24) is 4.90 Å². The molecule has 2 amide bonds. The number of benzene rings is 2. The van der Waals surface area contributed by atoms with Crippen LogP contribution < -0.4 is 10.1 Å². The first kappa shape index (κ1) is 22.1. The van der Waals surface area contributed by atoms with Crippen molar-refractivity contribution in [2.45, 2.75) is 32.3 Å². The maximum Gasteiger partial charge on any atom is 0.347 e. The fourth-order valence-corrected chi connectivity index (χ4v) is 2.45. The van der Waals surface area contributed by atoms with Gasteiger partial charge in [0.1, 0.15) is 17.4 Å². The van der Waals surface area contributed by atoms with Crippen molar-refractivity contribution >= 4 is 17.7 Å². The molecule has 0 bridgehead atoms. The first-order valence-corrected chi connectivity index (χ1v) is 9.13. The van der Waals surface area contributed by atoms with E-state index in [1.165, 1.54) is 11.8 Å². The molecular weight excluding hydrogens is 382 g/mol. The molecule has 1 unspecified atom stereocenters. The summed E-state index contributed by atoms with van der Waals surface area (Å²) >= 11 is 0. The summed E-state index contributed by atoms with van der Waals surface area (Å²) < 4.78 is 32.1. The highest BCUT2D eigenvalue weighted by Crippen LogP contribution is 2.22. The number of ether oxygens (including phenoxy) is 1. The smallest absolute Gasteiger partial charge is 0.347 e. The fourth-order valence-electron chi connectivity index (χ4n) is 2.45. The Morgan fingerprint density at radius 3 is 2.38 bits per heavy atom. The van der Waals surface area contributed by atoms with E-state index in [9.17, 15) is 23.5 Å². The zero-order chi connectivity index (χ0) is 21.6. The summed E-state index contributed by atoms with van der Waals surface area (Å²) in [5, 5.41) is 11.7. The third-order valence-corrected chi connectivity index (χ3v) is 4.65. The molecule has 2 aromatic rings. The van der Waals surface area contributed by atoms with Crippen LogP contribution in [0.15, 0.2) is 42.5 Å². The Balaban J connectivity index is 1.90. The number of urea groups is 1. The normalized spacial score (nSPS) is 12.7. The van der Waals surface area contributed by atoms with Crippen LogP contribution in [0.4, 0.5) is 19.3 Å². The first-order chi connectivity index (χ1) is 13.6. The summed E-state index contributed by atoms with van der Waals surface area (Å²) in [5.74, 6) is -2.15. The van der Waals surface area contributed by atoms with Gasteiger partial charge in [-0.25, -0.2) is 18.4 Å². The van der Waals surface area contributed by atoms with Crippen molar-refractivity contribution in [3.63, 3.8) is 0 Å². The Bertz CT molecular complexity index is 873. The topological polar surface area (TPSA) is 78.9 Å². The van der Waals surface area contributed by atoms with Crippen molar-refractivity contribution in [2.24, 2.45) is 0 Å². The second-order valence-electron chi connectivity index (χ2n) is 6.86. The molecule has 8 heteroatoms. The third kappa shape index (κ3) is 5.91. The molecule has 2 N–H and O–H groups in total. The molecule has 0 spiro atoms. The number of carbonyl (C=O) groups is 2. The van der Waals surface area contributed by atoms with Crippen molar-refractivity contribution < 1.29 is 28.2 Å². The number of nitrogens with zero attached hydrogens (tertiary/aromatic N) is 1. The van der Waals surface area contributed by atoms with E-state index in [1.807, 2.05) is 0 Å². The lowest BCUT2D eigenvalue weighted by Crippen LogP contribution is -2.40. The number of aliphatic carboxylic acids is 1. The number of halogens is 2. The molecule has 2 rings (SSSR count). The molecule has 0 aliphatic heterocycles. The number of rotatable bonds is 8. The van der Waals surface area contributed by atoms with Crippen LogP contribution in [-0.2, 0) is 11.2 Å². The van der Waals surface area contributed by atoms with Gasteiger partial charge >= 0.3 is 12.0 Å². The number of anilines is 1. The molecule has 1 atom stereocenters. The van der Waals surface area contributed by atoms with Gasteiger partial charge in [-0.3, -0.25) is 0 Å². The SMILES string of the molecule is CCC(C)(Oc1ccc(CCN(C)C(=O)Nc2ccc(F)cc2F)cc1)C(=O)O. The predicted octanol–water partition coefficient (Wildman–Crippen LogP) is 4.30. The molecule has 0 radical (unpaired) electrons. The Hall–Kier alpha value is -3.16. The van der Waals surface area contributed by atoms with Gasteiger partial charge in [-0.15, -0.1) is 0 Å². The number of nitrogens with one attached hydrogen (secondary N) is 1. The van der Waals surface area contributed by atoms with E-state index in [-0.39, 0.29) is 5.69 Å². The summed E-state index contributed by atoms with van der Waals surface area (Å²) in [6, 6.07) is 9.35. The molecule has 0 aliphatic carbocycles. The molecule has 156 valence electrons. The van der Waals surface area contributed by atoms with Crippen LogP contribution in [0.25, 0.3) is 0 Å². The van der Waals surface area contributed by atoms with Crippen molar-refractivity contribution in [3.8, 4) is 5.75 Å². The Labute approximate surface area is 168 Å². The summed E-state index contributed by atoms with van der Waals surface area (Å²) in [6.07, 6.45) is 0.846. The second-order valence-corrected chi connectivity index (χ2v) is 6.86. The predicted molar refractivity (Wildman–Crippen MR) is 105 cm³/mol. The van der Waals surface area contributed by atoms with Crippen LogP contribution in [0.2, 0.25) is 0 Å². The molecule has 0 saturated heterocycles. The van der Waals surface area contributed by atoms with E-state index in [0.717, 1.165) is 17.7 Å². The lowest BCUT2D eigenvalue weighted by atomic mass is 10.0. The zero-order valence-corrected chi connectivity index (χ0v) is 16.5. The molecule has 0 aromatic heterocycles. The van der Waals surface area contributed by atoms with Gasteiger partial charge in [0, 0.05) is 19.7 Å². The molecule has 29 heavy (non-hydrogen) atoms. The van der Waals surface area contributed by atoms with Crippen LogP contribution in [0.5, 0.6) is 5.75 Å². The minimum Gasteiger partial charge on any atom is -0.478 e. The molecule has 0 heterocycles. The van der Waals surface area contributed by atoms with E-state index in [0.29, 0.717) is 31.2 Å². The van der Waals surface area contributed by atoms with Crippen LogP contribution in [0.3, 0.4) is 0 Å². The van der Waals surface area contributed by atoms with Crippen LogP contribution in [-0.4, -0.2) is 41.2 Å². The van der Waals surface area contributed by atoms with Crippen molar-refractivity contribution in [3.05, 3.63) is 59.7 Å². The summed E-state index contributed by atoms with van der Waals surface area (Å²) in [6.45, 7) is 3.61. The Kier molecular flexibility index (Phi) is 7.14. The fraction of sp³-hybridized carbons (Fsp3) is 0.333. The van der Waals surface area contributed by atoms with E-state index >= 15 is 0 Å². The quantitative estimate of drug-likeness (QED) is 0.685. The highest BCUT2D eigenvalue weighted by molar-refractivity contribution is 5.89.